The maximum absolute atomic E-state index is 4.48. The van der Waals surface area contributed by atoms with Crippen molar-refractivity contribution in [3.05, 3.63) is 29.0 Å². The van der Waals surface area contributed by atoms with Gasteiger partial charge in [0, 0.05) is 30.5 Å². The molecule has 0 bridgehead atoms. The van der Waals surface area contributed by atoms with Crippen LogP contribution >= 0.6 is 15.9 Å². The Morgan fingerprint density at radius 3 is 2.83 bits per heavy atom. The summed E-state index contributed by atoms with van der Waals surface area (Å²) in [6, 6.07) is 4.03. The van der Waals surface area contributed by atoms with Crippen LogP contribution in [0.2, 0.25) is 0 Å². The molecular weight excluding hydrogens is 290 g/mol. The van der Waals surface area contributed by atoms with Gasteiger partial charge in [0.05, 0.1) is 11.2 Å². The van der Waals surface area contributed by atoms with E-state index in [9.17, 15) is 0 Å². The third-order valence-corrected chi connectivity index (χ3v) is 3.41. The van der Waals surface area contributed by atoms with Gasteiger partial charge in [-0.15, -0.1) is 0 Å². The van der Waals surface area contributed by atoms with Gasteiger partial charge in [-0.2, -0.15) is 0 Å². The highest BCUT2D eigenvalue weighted by Gasteiger charge is 2.08. The van der Waals surface area contributed by atoms with Gasteiger partial charge in [0.1, 0.15) is 5.52 Å². The molecule has 4 heteroatoms. The Hall–Kier alpha value is -1.16. The molecule has 2 aromatic rings. The number of rotatable bonds is 4. The van der Waals surface area contributed by atoms with E-state index in [0.29, 0.717) is 5.92 Å². The van der Waals surface area contributed by atoms with Crippen molar-refractivity contribution in [1.82, 2.24) is 9.97 Å². The van der Waals surface area contributed by atoms with Crippen LogP contribution in [0.1, 0.15) is 20.3 Å². The van der Waals surface area contributed by atoms with Crippen LogP contribution in [0.5, 0.6) is 0 Å². The van der Waals surface area contributed by atoms with Crippen LogP contribution in [0.3, 0.4) is 0 Å². The zero-order valence-corrected chi connectivity index (χ0v) is 12.6. The van der Waals surface area contributed by atoms with Crippen molar-refractivity contribution in [2.45, 2.75) is 20.3 Å². The lowest BCUT2D eigenvalue weighted by Gasteiger charge is -2.21. The summed E-state index contributed by atoms with van der Waals surface area (Å²) >= 11 is 3.43. The van der Waals surface area contributed by atoms with E-state index in [1.165, 1.54) is 6.42 Å². The molecule has 0 N–H and O–H groups in total. The standard InChI is InChI=1S/C14H18BrN3/c1-10(2)5-7-18(3)13-4-6-16-12-8-11(15)9-17-14(12)13/h4,6,8-10H,5,7H2,1-3H3. The fourth-order valence-corrected chi connectivity index (χ4v) is 2.19. The van der Waals surface area contributed by atoms with Gasteiger partial charge in [-0.25, -0.2) is 0 Å². The normalized spacial score (nSPS) is 11.2. The number of fused-ring (bicyclic) bond motifs is 1. The summed E-state index contributed by atoms with van der Waals surface area (Å²) in [4.78, 5) is 11.1. The lowest BCUT2D eigenvalue weighted by Crippen LogP contribution is -2.20. The Balaban J connectivity index is 2.32. The molecule has 0 radical (unpaired) electrons. The van der Waals surface area contributed by atoms with Gasteiger partial charge in [0.2, 0.25) is 0 Å². The number of halogens is 1. The zero-order chi connectivity index (χ0) is 13.1. The van der Waals surface area contributed by atoms with Crippen molar-refractivity contribution in [2.75, 3.05) is 18.5 Å². The molecule has 0 aromatic carbocycles. The van der Waals surface area contributed by atoms with Crippen LogP contribution in [-0.4, -0.2) is 23.6 Å². The number of pyridine rings is 2. The molecule has 0 aliphatic rings. The third kappa shape index (κ3) is 2.99. The zero-order valence-electron chi connectivity index (χ0n) is 11.0. The van der Waals surface area contributed by atoms with Gasteiger partial charge in [0.15, 0.2) is 0 Å². The fourth-order valence-electron chi connectivity index (χ4n) is 1.87. The first-order valence-electron chi connectivity index (χ1n) is 6.19. The average molecular weight is 308 g/mol. The van der Waals surface area contributed by atoms with E-state index < -0.39 is 0 Å². The minimum atomic E-state index is 0.711. The molecule has 0 atom stereocenters. The highest BCUT2D eigenvalue weighted by molar-refractivity contribution is 9.10. The van der Waals surface area contributed by atoms with E-state index in [2.05, 4.69) is 51.7 Å². The first-order valence-corrected chi connectivity index (χ1v) is 6.98. The molecule has 2 rings (SSSR count). The summed E-state index contributed by atoms with van der Waals surface area (Å²) in [5.74, 6) is 0.711. The molecule has 96 valence electrons. The Kier molecular flexibility index (Phi) is 4.17. The minimum absolute atomic E-state index is 0.711. The summed E-state index contributed by atoms with van der Waals surface area (Å²) in [5.41, 5.74) is 3.04. The molecule has 0 fully saturated rings. The van der Waals surface area contributed by atoms with Crippen molar-refractivity contribution < 1.29 is 0 Å². The van der Waals surface area contributed by atoms with Gasteiger partial charge in [-0.3, -0.25) is 9.97 Å². The summed E-state index contributed by atoms with van der Waals surface area (Å²) in [7, 11) is 2.11. The summed E-state index contributed by atoms with van der Waals surface area (Å²) in [6.45, 7) is 5.52. The average Bonchev–Trinajstić information content (AvgIpc) is 2.34. The Morgan fingerprint density at radius 1 is 1.33 bits per heavy atom. The van der Waals surface area contributed by atoms with E-state index in [1.807, 2.05) is 24.5 Å². The van der Waals surface area contributed by atoms with Gasteiger partial charge in [0.25, 0.3) is 0 Å². The van der Waals surface area contributed by atoms with Gasteiger partial charge in [-0.05, 0) is 40.4 Å². The van der Waals surface area contributed by atoms with Crippen LogP contribution in [0.15, 0.2) is 29.0 Å². The molecular formula is C14H18BrN3. The Labute approximate surface area is 116 Å². The molecule has 0 amide bonds. The van der Waals surface area contributed by atoms with Gasteiger partial charge < -0.3 is 4.90 Å². The second-order valence-corrected chi connectivity index (χ2v) is 5.87. The molecule has 0 spiro atoms. The van der Waals surface area contributed by atoms with E-state index in [1.54, 1.807) is 0 Å². The van der Waals surface area contributed by atoms with Crippen molar-refractivity contribution in [2.24, 2.45) is 5.92 Å². The molecule has 3 nitrogen and oxygen atoms in total. The number of hydrogen-bond acceptors (Lipinski definition) is 3. The number of anilines is 1. The van der Waals surface area contributed by atoms with E-state index >= 15 is 0 Å². The second kappa shape index (κ2) is 5.65. The first-order chi connectivity index (χ1) is 8.58. The Bertz CT molecular complexity index is 540. The molecule has 2 aromatic heterocycles. The van der Waals surface area contributed by atoms with Crippen molar-refractivity contribution in [3.8, 4) is 0 Å². The summed E-state index contributed by atoms with van der Waals surface area (Å²) in [6.07, 6.45) is 4.85. The molecule has 0 aliphatic carbocycles. The lowest BCUT2D eigenvalue weighted by molar-refractivity contribution is 0.585. The smallest absolute Gasteiger partial charge is 0.112 e. The molecule has 0 unspecified atom stereocenters. The maximum atomic E-state index is 4.48. The lowest BCUT2D eigenvalue weighted by atomic mass is 10.1. The summed E-state index contributed by atoms with van der Waals surface area (Å²) in [5, 5.41) is 0. The number of hydrogen-bond donors (Lipinski definition) is 0. The maximum Gasteiger partial charge on any atom is 0.112 e. The highest BCUT2D eigenvalue weighted by atomic mass is 79.9. The number of nitrogens with zero attached hydrogens (tertiary/aromatic N) is 3. The number of aromatic nitrogens is 2. The quantitative estimate of drug-likeness (QED) is 0.858. The molecule has 0 saturated carbocycles. The molecule has 0 aliphatic heterocycles. The monoisotopic (exact) mass is 307 g/mol. The molecule has 18 heavy (non-hydrogen) atoms. The third-order valence-electron chi connectivity index (χ3n) is 2.98. The largest absolute Gasteiger partial charge is 0.373 e. The SMILES string of the molecule is CC(C)CCN(C)c1ccnc2cc(Br)cnc12. The van der Waals surface area contributed by atoms with Crippen molar-refractivity contribution in [1.29, 1.82) is 0 Å². The van der Waals surface area contributed by atoms with Crippen molar-refractivity contribution in [3.63, 3.8) is 0 Å². The van der Waals surface area contributed by atoms with Crippen LogP contribution in [0, 0.1) is 5.92 Å². The topological polar surface area (TPSA) is 29.0 Å². The fraction of sp³-hybridized carbons (Fsp3) is 0.429. The van der Waals surface area contributed by atoms with E-state index in [-0.39, 0.29) is 0 Å². The minimum Gasteiger partial charge on any atom is -0.373 e. The summed E-state index contributed by atoms with van der Waals surface area (Å²) < 4.78 is 0.962. The van der Waals surface area contributed by atoms with Crippen LogP contribution in [0.25, 0.3) is 11.0 Å². The predicted molar refractivity (Wildman–Crippen MR) is 80.0 cm³/mol. The van der Waals surface area contributed by atoms with Gasteiger partial charge >= 0.3 is 0 Å². The van der Waals surface area contributed by atoms with Crippen LogP contribution in [-0.2, 0) is 0 Å². The van der Waals surface area contributed by atoms with Crippen LogP contribution in [0.4, 0.5) is 5.69 Å². The Morgan fingerprint density at radius 2 is 2.11 bits per heavy atom. The van der Waals surface area contributed by atoms with Crippen LogP contribution < -0.4 is 4.90 Å². The molecule has 2 heterocycles. The van der Waals surface area contributed by atoms with Gasteiger partial charge in [-0.1, -0.05) is 13.8 Å². The molecule has 0 saturated heterocycles. The first kappa shape index (κ1) is 13.3. The van der Waals surface area contributed by atoms with E-state index in [4.69, 9.17) is 0 Å². The second-order valence-electron chi connectivity index (χ2n) is 4.96. The highest BCUT2D eigenvalue weighted by Crippen LogP contribution is 2.24. The van der Waals surface area contributed by atoms with Crippen molar-refractivity contribution >= 4 is 32.7 Å². The predicted octanol–water partition coefficient (Wildman–Crippen LogP) is 3.87. The van der Waals surface area contributed by atoms with E-state index in [0.717, 1.165) is 27.7 Å².